The molecule has 0 atom stereocenters. The molecule has 10 nitrogen and oxygen atoms in total. The summed E-state index contributed by atoms with van der Waals surface area (Å²) in [5.74, 6) is -0.282. The van der Waals surface area contributed by atoms with Crippen LogP contribution >= 0.6 is 0 Å². The number of anilines is 1. The molecule has 0 bridgehead atoms. The minimum Gasteiger partial charge on any atom is -0.307 e. The molecule has 0 radical (unpaired) electrons. The van der Waals surface area contributed by atoms with Crippen LogP contribution in [0, 0.1) is 27.2 Å². The van der Waals surface area contributed by atoms with E-state index in [4.69, 9.17) is 0 Å². The lowest BCUT2D eigenvalue weighted by atomic mass is 10.1. The van der Waals surface area contributed by atoms with Crippen molar-refractivity contribution in [2.75, 3.05) is 5.32 Å². The van der Waals surface area contributed by atoms with Gasteiger partial charge in [-0.05, 0) is 13.8 Å². The van der Waals surface area contributed by atoms with Gasteiger partial charge in [-0.25, -0.2) is 4.68 Å². The maximum absolute atomic E-state index is 12.2. The Balaban J connectivity index is 2.38. The van der Waals surface area contributed by atoms with Gasteiger partial charge in [-0.1, -0.05) is 0 Å². The van der Waals surface area contributed by atoms with E-state index in [0.717, 1.165) is 18.2 Å². The van der Waals surface area contributed by atoms with E-state index in [2.05, 4.69) is 10.4 Å². The van der Waals surface area contributed by atoms with Crippen molar-refractivity contribution in [3.05, 3.63) is 55.8 Å². The van der Waals surface area contributed by atoms with E-state index in [-0.39, 0.29) is 5.56 Å². The van der Waals surface area contributed by atoms with E-state index in [1.54, 1.807) is 17.7 Å². The number of amides is 1. The molecule has 23 heavy (non-hydrogen) atoms. The molecule has 0 unspecified atom stereocenters. The van der Waals surface area contributed by atoms with Crippen LogP contribution in [0.25, 0.3) is 0 Å². The summed E-state index contributed by atoms with van der Waals surface area (Å²) in [7, 11) is 0. The third kappa shape index (κ3) is 3.48. The molecular weight excluding hydrogens is 306 g/mol. The first-order valence-electron chi connectivity index (χ1n) is 6.61. The summed E-state index contributed by atoms with van der Waals surface area (Å²) in [4.78, 5) is 32.4. The molecule has 0 fully saturated rings. The van der Waals surface area contributed by atoms with Crippen molar-refractivity contribution in [1.82, 2.24) is 9.78 Å². The Morgan fingerprint density at radius 2 is 1.74 bits per heavy atom. The zero-order valence-corrected chi connectivity index (χ0v) is 12.3. The van der Waals surface area contributed by atoms with Crippen LogP contribution < -0.4 is 5.32 Å². The molecule has 0 saturated heterocycles. The van der Waals surface area contributed by atoms with E-state index < -0.39 is 27.1 Å². The molecule has 2 aromatic rings. The summed E-state index contributed by atoms with van der Waals surface area (Å²) in [5, 5.41) is 28.4. The SMILES string of the molecule is CCn1nc(C)cc1NC(=O)c1cc([N+](=O)[O-])cc([N+](=O)[O-])c1. The predicted octanol–water partition coefficient (Wildman–Crippen LogP) is 2.28. The standard InChI is InChI=1S/C13H13N5O5/c1-3-16-12(4-8(2)15-16)14-13(19)9-5-10(17(20)21)7-11(6-9)18(22)23/h4-7H,3H2,1-2H3,(H,14,19). The normalized spacial score (nSPS) is 10.3. The third-order valence-corrected chi connectivity index (χ3v) is 3.03. The van der Waals surface area contributed by atoms with Crippen molar-refractivity contribution >= 4 is 23.1 Å². The van der Waals surface area contributed by atoms with Crippen LogP contribution in [0.3, 0.4) is 0 Å². The number of carbonyl (C=O) groups excluding carboxylic acids is 1. The Morgan fingerprint density at radius 1 is 1.17 bits per heavy atom. The lowest BCUT2D eigenvalue weighted by molar-refractivity contribution is -0.394. The van der Waals surface area contributed by atoms with Gasteiger partial charge in [-0.2, -0.15) is 5.10 Å². The summed E-state index contributed by atoms with van der Waals surface area (Å²) in [5.41, 5.74) is -0.534. The molecule has 1 amide bonds. The van der Waals surface area contributed by atoms with Crippen molar-refractivity contribution < 1.29 is 14.6 Å². The number of hydrogen-bond acceptors (Lipinski definition) is 6. The van der Waals surface area contributed by atoms with E-state index >= 15 is 0 Å². The first kappa shape index (κ1) is 16.1. The van der Waals surface area contributed by atoms with Crippen molar-refractivity contribution in [2.45, 2.75) is 20.4 Å². The van der Waals surface area contributed by atoms with E-state index in [1.807, 2.05) is 6.92 Å². The number of non-ortho nitro benzene ring substituents is 2. The average molecular weight is 319 g/mol. The van der Waals surface area contributed by atoms with Crippen molar-refractivity contribution in [1.29, 1.82) is 0 Å². The quantitative estimate of drug-likeness (QED) is 0.663. The molecule has 0 aliphatic rings. The maximum atomic E-state index is 12.2. The zero-order valence-electron chi connectivity index (χ0n) is 12.3. The number of aromatic nitrogens is 2. The molecule has 0 saturated carbocycles. The van der Waals surface area contributed by atoms with Crippen LogP contribution in [0.4, 0.5) is 17.2 Å². The van der Waals surface area contributed by atoms with Gasteiger partial charge >= 0.3 is 0 Å². The second-order valence-corrected chi connectivity index (χ2v) is 4.69. The summed E-state index contributed by atoms with van der Waals surface area (Å²) >= 11 is 0. The van der Waals surface area contributed by atoms with E-state index in [1.165, 1.54) is 0 Å². The first-order valence-corrected chi connectivity index (χ1v) is 6.61. The monoisotopic (exact) mass is 319 g/mol. The Morgan fingerprint density at radius 3 is 2.22 bits per heavy atom. The highest BCUT2D eigenvalue weighted by Crippen LogP contribution is 2.23. The number of hydrogen-bond donors (Lipinski definition) is 1. The Kier molecular flexibility index (Phi) is 4.35. The van der Waals surface area contributed by atoms with Crippen LogP contribution in [-0.2, 0) is 6.54 Å². The fraction of sp³-hybridized carbons (Fsp3) is 0.231. The lowest BCUT2D eigenvalue weighted by Crippen LogP contribution is -2.16. The van der Waals surface area contributed by atoms with Gasteiger partial charge in [0.25, 0.3) is 17.3 Å². The minimum atomic E-state index is -0.787. The molecule has 1 aromatic heterocycles. The largest absolute Gasteiger partial charge is 0.307 e. The van der Waals surface area contributed by atoms with Crippen LogP contribution in [0.15, 0.2) is 24.3 Å². The summed E-state index contributed by atoms with van der Waals surface area (Å²) in [6.45, 7) is 4.10. The van der Waals surface area contributed by atoms with Gasteiger partial charge in [-0.3, -0.25) is 25.0 Å². The van der Waals surface area contributed by atoms with Gasteiger partial charge in [0, 0.05) is 24.7 Å². The number of aryl methyl sites for hydroxylation is 2. The first-order chi connectivity index (χ1) is 10.8. The molecule has 120 valence electrons. The van der Waals surface area contributed by atoms with Crippen LogP contribution in [0.5, 0.6) is 0 Å². The van der Waals surface area contributed by atoms with Gasteiger partial charge in [0.2, 0.25) is 0 Å². The van der Waals surface area contributed by atoms with Gasteiger partial charge in [-0.15, -0.1) is 0 Å². The molecule has 10 heteroatoms. The van der Waals surface area contributed by atoms with Crippen LogP contribution in [0.2, 0.25) is 0 Å². The highest BCUT2D eigenvalue weighted by atomic mass is 16.6. The van der Waals surface area contributed by atoms with E-state index in [9.17, 15) is 25.0 Å². The number of nitrogens with one attached hydrogen (secondary N) is 1. The van der Waals surface area contributed by atoms with Gasteiger partial charge < -0.3 is 5.32 Å². The molecule has 0 aliphatic carbocycles. The highest BCUT2D eigenvalue weighted by molar-refractivity contribution is 6.04. The zero-order chi connectivity index (χ0) is 17.1. The van der Waals surface area contributed by atoms with Crippen LogP contribution in [-0.4, -0.2) is 25.5 Å². The molecular formula is C13H13N5O5. The number of nitro groups is 2. The molecule has 0 aliphatic heterocycles. The van der Waals surface area contributed by atoms with Crippen molar-refractivity contribution in [3.63, 3.8) is 0 Å². The van der Waals surface area contributed by atoms with Gasteiger partial charge in [0.15, 0.2) is 0 Å². The lowest BCUT2D eigenvalue weighted by Gasteiger charge is -2.07. The third-order valence-electron chi connectivity index (χ3n) is 3.03. The minimum absolute atomic E-state index is 0.174. The number of benzene rings is 1. The Labute approximate surface area is 130 Å². The van der Waals surface area contributed by atoms with Gasteiger partial charge in [0.05, 0.1) is 27.2 Å². The van der Waals surface area contributed by atoms with Crippen molar-refractivity contribution in [2.24, 2.45) is 0 Å². The number of carbonyl (C=O) groups is 1. The molecule has 1 heterocycles. The second kappa shape index (κ2) is 6.22. The summed E-state index contributed by atoms with van der Waals surface area (Å²) in [6.07, 6.45) is 0. The Bertz CT molecular complexity index is 766. The Hall–Kier alpha value is -3.30. The highest BCUT2D eigenvalue weighted by Gasteiger charge is 2.20. The van der Waals surface area contributed by atoms with E-state index in [0.29, 0.717) is 18.1 Å². The fourth-order valence-electron chi connectivity index (χ4n) is 2.01. The summed E-state index contributed by atoms with van der Waals surface area (Å²) < 4.78 is 1.54. The topological polar surface area (TPSA) is 133 Å². The number of nitrogens with zero attached hydrogens (tertiary/aromatic N) is 4. The van der Waals surface area contributed by atoms with Crippen molar-refractivity contribution in [3.8, 4) is 0 Å². The van der Waals surface area contributed by atoms with Crippen LogP contribution in [0.1, 0.15) is 23.0 Å². The summed E-state index contributed by atoms with van der Waals surface area (Å²) in [6, 6.07) is 4.41. The average Bonchev–Trinajstić information content (AvgIpc) is 2.86. The predicted molar refractivity (Wildman–Crippen MR) is 80.3 cm³/mol. The number of nitro benzene ring substituents is 2. The van der Waals surface area contributed by atoms with Gasteiger partial charge in [0.1, 0.15) is 5.82 Å². The maximum Gasteiger partial charge on any atom is 0.277 e. The fourth-order valence-corrected chi connectivity index (χ4v) is 2.01. The number of rotatable bonds is 5. The second-order valence-electron chi connectivity index (χ2n) is 4.69. The molecule has 1 aromatic carbocycles. The molecule has 1 N–H and O–H groups in total. The molecule has 0 spiro atoms. The molecule has 2 rings (SSSR count). The smallest absolute Gasteiger partial charge is 0.277 e.